The van der Waals surface area contributed by atoms with Crippen molar-refractivity contribution >= 4 is 130 Å². The molecule has 0 amide bonds. The number of hydrogen-bond acceptors (Lipinski definition) is 10. The van der Waals surface area contributed by atoms with E-state index in [4.69, 9.17) is 45.7 Å². The Labute approximate surface area is 728 Å². The molecule has 0 fully saturated rings. The van der Waals surface area contributed by atoms with Gasteiger partial charge in [-0.25, -0.2) is 15.0 Å². The summed E-state index contributed by atoms with van der Waals surface area (Å²) in [6, 6.07) is 98.2. The minimum absolute atomic E-state index is 0. The number of ether oxygens (including phenoxy) is 2. The number of aromatic hydroxyl groups is 1. The fourth-order valence-electron chi connectivity index (χ4n) is 14.1. The number of carboxylic acid groups (broad SMARTS) is 2. The zero-order valence-electron chi connectivity index (χ0n) is 63.9. The Morgan fingerprint density at radius 2 is 0.858 bits per heavy atom. The van der Waals surface area contributed by atoms with E-state index in [0.29, 0.717) is 11.5 Å². The summed E-state index contributed by atoms with van der Waals surface area (Å²) >= 11 is 3.46. The van der Waals surface area contributed by atoms with Crippen LogP contribution in [-0.2, 0) is 50.4 Å². The first kappa shape index (κ1) is 86.6. The predicted molar refractivity (Wildman–Crippen MR) is 479 cm³/mol. The molecule has 0 saturated carbocycles. The Morgan fingerprint density at radius 3 is 1.40 bits per heavy atom. The first-order chi connectivity index (χ1) is 56.8. The third kappa shape index (κ3) is 19.2. The molecule has 0 atom stereocenters. The third-order valence-electron chi connectivity index (χ3n) is 18.8. The fourth-order valence-corrected chi connectivity index (χ4v) is 14.5. The number of aliphatic carboxylic acids is 2. The zero-order valence-corrected chi connectivity index (χ0v) is 68.6. The van der Waals surface area contributed by atoms with Crippen LogP contribution in [0, 0.1) is 36.3 Å². The van der Waals surface area contributed by atoms with E-state index in [9.17, 15) is 5.11 Å². The number of nitrogens with zero attached hydrogens (tertiary/aromatic N) is 8. The Kier molecular flexibility index (Phi) is 28.9. The van der Waals surface area contributed by atoms with Crippen LogP contribution in [0.3, 0.4) is 0 Å². The number of para-hydroxylation sites is 3. The molecule has 21 rings (SSSR count). The van der Waals surface area contributed by atoms with Crippen LogP contribution in [0.15, 0.2) is 308 Å². The van der Waals surface area contributed by atoms with E-state index in [1.165, 1.54) is 43.8 Å². The summed E-state index contributed by atoms with van der Waals surface area (Å²) in [5.41, 5.74) is 19.3. The molecule has 0 radical (unpaired) electrons. The molecule has 19 heteroatoms. The van der Waals surface area contributed by atoms with Crippen molar-refractivity contribution in [2.24, 2.45) is 0 Å². The van der Waals surface area contributed by atoms with E-state index < -0.39 is 11.9 Å². The second kappa shape index (κ2) is 40.1. The molecule has 0 spiro atoms. The van der Waals surface area contributed by atoms with Crippen molar-refractivity contribution in [3.8, 4) is 104 Å². The maximum atomic E-state index is 9.93. The van der Waals surface area contributed by atoms with E-state index in [1.54, 1.807) is 31.6 Å². The van der Waals surface area contributed by atoms with Gasteiger partial charge >= 0.3 is 20.4 Å². The van der Waals surface area contributed by atoms with Crippen molar-refractivity contribution in [3.63, 3.8) is 0 Å². The van der Waals surface area contributed by atoms with Crippen molar-refractivity contribution in [1.29, 1.82) is 0 Å². The second-order valence-electron chi connectivity index (χ2n) is 26.5. The van der Waals surface area contributed by atoms with E-state index in [0.717, 1.165) is 136 Å². The molecule has 18 aromatic rings. The van der Waals surface area contributed by atoms with Crippen molar-refractivity contribution in [2.45, 2.75) is 28.2 Å². The molecule has 15 nitrogen and oxygen atoms in total. The minimum Gasteiger partial charge on any atom is -0.508 e. The Morgan fingerprint density at radius 1 is 0.417 bits per heavy atom. The molecule has 11 heterocycles. The van der Waals surface area contributed by atoms with Gasteiger partial charge in [-0.15, -0.1) is 47.7 Å². The van der Waals surface area contributed by atoms with Crippen LogP contribution >= 0.6 is 15.9 Å². The monoisotopic (exact) mass is 1820 g/mol. The van der Waals surface area contributed by atoms with Crippen molar-refractivity contribution in [3.05, 3.63) is 354 Å². The van der Waals surface area contributed by atoms with Crippen molar-refractivity contribution < 1.29 is 79.9 Å². The summed E-state index contributed by atoms with van der Waals surface area (Å²) in [4.78, 5) is 40.9. The van der Waals surface area contributed by atoms with Crippen molar-refractivity contribution in [1.82, 2.24) is 38.6 Å². The van der Waals surface area contributed by atoms with Crippen LogP contribution in [0.2, 0.25) is 0 Å². The SMILES string of the molecule is Brc1cccc(-c2ccccc2)c1.C.C#CC#CC.C1=Cc2cccc3c4ccc(Oc5cccc(-c6ccccn6)c5)cc4n(c23)-c2ncccc21.CC(=O)O.CC(=O)O.F.Oc1ccc2c3cccc4c3n(c2c1)-c1ncccc1C=C4.[Pd+2].[Pd].[c-]1c(Oc2[c-]c3c(cc2)c2cccc4c2n3-c2ncccc2C=C4)cccc1-c1ccccn1. The number of terminal acetylenes is 1. The largest absolute Gasteiger partial charge is 2.00 e. The van der Waals surface area contributed by atoms with Gasteiger partial charge in [-0.2, -0.15) is 6.07 Å². The van der Waals surface area contributed by atoms with Gasteiger partial charge in [0.25, 0.3) is 11.9 Å². The summed E-state index contributed by atoms with van der Waals surface area (Å²) in [5.74, 6) is 11.2. The number of fused-ring (bicyclic) bond motifs is 15. The molecule has 0 unspecified atom stereocenters. The van der Waals surface area contributed by atoms with Crippen LogP contribution in [-0.4, -0.2) is 65.9 Å². The number of pyridine rings is 5. The first-order valence-electron chi connectivity index (χ1n) is 36.9. The summed E-state index contributed by atoms with van der Waals surface area (Å²) < 4.78 is 20.3. The van der Waals surface area contributed by atoms with Crippen LogP contribution in [0.4, 0.5) is 4.70 Å². The predicted octanol–water partition coefficient (Wildman–Crippen LogP) is 24.7. The summed E-state index contributed by atoms with van der Waals surface area (Å²) in [5, 5.41) is 31.7. The molecule has 3 aliphatic heterocycles. The number of phenols is 1. The molecule has 594 valence electrons. The maximum Gasteiger partial charge on any atom is 2.00 e. The number of carboxylic acids is 2. The zero-order chi connectivity index (χ0) is 80.0. The van der Waals surface area contributed by atoms with Crippen LogP contribution in [0.1, 0.15) is 61.6 Å². The second-order valence-corrected chi connectivity index (χ2v) is 27.4. The van der Waals surface area contributed by atoms with Crippen molar-refractivity contribution in [2.75, 3.05) is 0 Å². The van der Waals surface area contributed by atoms with Gasteiger partial charge in [0.05, 0.1) is 27.8 Å². The Bertz CT molecular complexity index is 6690. The maximum absolute atomic E-state index is 9.93. The molecular formula is C101H74BrFN8O7Pd2. The number of rotatable bonds is 7. The van der Waals surface area contributed by atoms with Gasteiger partial charge in [-0.05, 0) is 161 Å². The van der Waals surface area contributed by atoms with Crippen LogP contribution in [0.5, 0.6) is 28.7 Å². The Balaban J connectivity index is 0.000000153. The summed E-state index contributed by atoms with van der Waals surface area (Å²) in [6.07, 6.45) is 26.6. The number of hydrogen-bond donors (Lipinski definition) is 3. The molecule has 3 aliphatic rings. The number of aromatic nitrogens is 8. The number of benzene rings is 10. The van der Waals surface area contributed by atoms with E-state index in [-0.39, 0.29) is 58.7 Å². The summed E-state index contributed by atoms with van der Waals surface area (Å²) in [6.45, 7) is 3.87. The van der Waals surface area contributed by atoms with Gasteiger partial charge in [-0.3, -0.25) is 28.4 Å². The molecule has 8 aromatic heterocycles. The average molecular weight is 1820 g/mol. The van der Waals surface area contributed by atoms with Crippen LogP contribution < -0.4 is 9.47 Å². The molecular weight excluding hydrogens is 1750 g/mol. The van der Waals surface area contributed by atoms with Crippen LogP contribution in [0.25, 0.3) is 153 Å². The first-order valence-corrected chi connectivity index (χ1v) is 37.7. The normalized spacial score (nSPS) is 10.7. The van der Waals surface area contributed by atoms with Gasteiger partial charge in [0.2, 0.25) is 0 Å². The van der Waals surface area contributed by atoms with E-state index >= 15 is 0 Å². The fraction of sp³-hybridized carbons (Fsp3) is 0.0396. The molecule has 0 aliphatic carbocycles. The van der Waals surface area contributed by atoms with Gasteiger partial charge in [0.1, 0.15) is 34.7 Å². The number of halogens is 2. The number of carbonyl (C=O) groups is 2. The quantitative estimate of drug-likeness (QED) is 0.0778. The minimum atomic E-state index is -0.833. The molecule has 3 N–H and O–H groups in total. The molecule has 120 heavy (non-hydrogen) atoms. The topological polar surface area (TPSA) is 193 Å². The molecule has 10 aromatic carbocycles. The van der Waals surface area contributed by atoms with Gasteiger partial charge < -0.3 is 34.3 Å². The van der Waals surface area contributed by atoms with Gasteiger partial charge in [0, 0.05) is 143 Å². The summed E-state index contributed by atoms with van der Waals surface area (Å²) in [7, 11) is 0. The Hall–Kier alpha value is -14.2. The number of phenolic OH excluding ortho intramolecular Hbond substituents is 1. The average Bonchev–Trinajstić information content (AvgIpc) is 1.59. The standard InChI is InChI=1S/C30H19N3O.C30H17N3O.C19H12N2O.C12H9Br.C5H4.2C2H4O2.CH4.FH.2Pd/c2*1-2-16-31-27(11-1)22-7-3-9-23(18-22)34-24-14-15-25-26-10-4-6-20-12-13-21-8-5-17-32-30(21)33(29(20)26)28(25)19-24;22-14-8-9-15-16-5-1-3-12-6-7-13-4-2-10-20-19(13)21(18(12)16)17(15)11-14;13-12-8-4-7-11(9-12)10-5-2-1-3-6-10;1-3-5-4-2;2*1-2(3)4;;;;/h1-19H;1-17H;1-11,22H;1-9H;1H,2H3;2*1H3,(H,3,4);1H4;1H;;/q;-2;;;;;;;;;+2. The van der Waals surface area contributed by atoms with E-state index in [1.807, 2.05) is 152 Å². The smallest absolute Gasteiger partial charge is 0.508 e. The van der Waals surface area contributed by atoms with Gasteiger partial charge in [0.15, 0.2) is 0 Å². The third-order valence-corrected chi connectivity index (χ3v) is 19.3. The molecule has 0 saturated heterocycles. The molecule has 0 bridgehead atoms. The van der Waals surface area contributed by atoms with E-state index in [2.05, 4.69) is 238 Å². The van der Waals surface area contributed by atoms with Gasteiger partial charge in [-0.1, -0.05) is 205 Å².